The number of aliphatic hydroxyl groups is 11. The molecule has 12 N–H and O–H groups in total. The Labute approximate surface area is 548 Å². The van der Waals surface area contributed by atoms with Crippen molar-refractivity contribution in [3.63, 3.8) is 0 Å². The highest BCUT2D eigenvalue weighted by Gasteiger charge is 2.53. The summed E-state index contributed by atoms with van der Waals surface area (Å²) < 4.78 is 34.3. The Morgan fingerprint density at radius 1 is 0.385 bits per heavy atom. The Morgan fingerprint density at radius 3 is 1.10 bits per heavy atom. The number of ether oxygens (including phenoxy) is 6. The maximum absolute atomic E-state index is 13.4. The Balaban J connectivity index is 1.44. The van der Waals surface area contributed by atoms with E-state index in [2.05, 4.69) is 55.6 Å². The van der Waals surface area contributed by atoms with Crippen LogP contribution in [0.4, 0.5) is 0 Å². The van der Waals surface area contributed by atoms with E-state index in [0.29, 0.717) is 12.8 Å². The SMILES string of the molecule is CCCCCCCC/C=C\CCCCCCCCCCCC(=O)NC(COC1OC(CO)C(OC2OC(CO)C(OC3OC(CO)C(O)C(O)C3O)C(O)C2O)C(O)C1O)C(O)/C=C/CC/C=C/CC/C=C/CCCCCCCCCCCCCCCCCCC. The van der Waals surface area contributed by atoms with Gasteiger partial charge in [0.1, 0.15) is 73.2 Å². The molecule has 17 unspecified atom stereocenters. The van der Waals surface area contributed by atoms with E-state index in [9.17, 15) is 61.0 Å². The van der Waals surface area contributed by atoms with Crippen molar-refractivity contribution in [2.75, 3.05) is 26.4 Å². The van der Waals surface area contributed by atoms with Crippen LogP contribution in [0.2, 0.25) is 0 Å². The molecule has 3 fully saturated rings. The number of allylic oxidation sites excluding steroid dienone is 7. The Hall–Kier alpha value is -2.25. The molecule has 17 atom stereocenters. The fourth-order valence-corrected chi connectivity index (χ4v) is 12.2. The second-order valence-corrected chi connectivity index (χ2v) is 26.0. The lowest BCUT2D eigenvalue weighted by molar-refractivity contribution is -0.379. The predicted octanol–water partition coefficient (Wildman–Crippen LogP) is 10.2. The van der Waals surface area contributed by atoms with E-state index in [1.54, 1.807) is 6.08 Å². The standard InChI is InChI=1S/C72H131NO18/c1-3-5-7-9-11-13-15-17-19-21-23-24-25-26-27-28-29-30-32-33-35-37-39-41-43-45-47-49-56(77)55(73-60(78)50-48-46-44-42-40-38-36-34-31-22-20-18-16-14-12-10-8-6-4-2)54-86-70-66(84)63(81)68(58(52-75)88-70)91-72-67(85)64(82)69(59(53-76)89-72)90-71-65(83)62(80)61(79)57(51-74)87-71/h18,20,32-33,39,41,47,49,55-59,61-72,74-77,79-85H,3-17,19,21-31,34-38,40,42-46,48,50-54H2,1-2H3,(H,73,78)/b20-18-,33-32+,41-39+,49-47+. The number of nitrogens with one attached hydrogen (secondary N) is 1. The molecule has 3 rings (SSSR count). The number of amides is 1. The van der Waals surface area contributed by atoms with Gasteiger partial charge >= 0.3 is 0 Å². The van der Waals surface area contributed by atoms with Crippen LogP contribution in [0.1, 0.15) is 271 Å². The summed E-state index contributed by atoms with van der Waals surface area (Å²) in [6, 6.07) is -0.999. The van der Waals surface area contributed by atoms with Crippen molar-refractivity contribution in [3.05, 3.63) is 48.6 Å². The van der Waals surface area contributed by atoms with Crippen LogP contribution in [0.15, 0.2) is 48.6 Å². The molecular weight excluding hydrogens is 1170 g/mol. The van der Waals surface area contributed by atoms with Crippen LogP contribution in [0, 0.1) is 0 Å². The monoisotopic (exact) mass is 1300 g/mol. The van der Waals surface area contributed by atoms with Crippen molar-refractivity contribution in [2.24, 2.45) is 0 Å². The zero-order valence-corrected chi connectivity index (χ0v) is 56.3. The highest BCUT2D eigenvalue weighted by Crippen LogP contribution is 2.33. The predicted molar refractivity (Wildman–Crippen MR) is 356 cm³/mol. The van der Waals surface area contributed by atoms with E-state index in [4.69, 9.17) is 28.4 Å². The van der Waals surface area contributed by atoms with Crippen molar-refractivity contribution < 1.29 is 89.4 Å². The van der Waals surface area contributed by atoms with E-state index in [0.717, 1.165) is 57.8 Å². The molecule has 3 heterocycles. The summed E-state index contributed by atoms with van der Waals surface area (Å²) >= 11 is 0. The third-order valence-electron chi connectivity index (χ3n) is 18.1. The molecule has 0 aromatic heterocycles. The van der Waals surface area contributed by atoms with Gasteiger partial charge in [-0.05, 0) is 70.6 Å². The number of hydrogen-bond donors (Lipinski definition) is 12. The second kappa shape index (κ2) is 53.8. The molecule has 0 radical (unpaired) electrons. The van der Waals surface area contributed by atoms with Gasteiger partial charge in [0.25, 0.3) is 0 Å². The number of carbonyl (C=O) groups is 1. The van der Waals surface area contributed by atoms with Gasteiger partial charge in [-0.2, -0.15) is 0 Å². The van der Waals surface area contributed by atoms with Gasteiger partial charge in [-0.15, -0.1) is 0 Å². The van der Waals surface area contributed by atoms with Gasteiger partial charge in [-0.25, -0.2) is 0 Å². The number of unbranched alkanes of at least 4 members (excludes halogenated alkanes) is 34. The van der Waals surface area contributed by atoms with Crippen molar-refractivity contribution >= 4 is 5.91 Å². The fourth-order valence-electron chi connectivity index (χ4n) is 12.2. The molecule has 3 aliphatic rings. The first-order chi connectivity index (χ1) is 44.3. The maximum Gasteiger partial charge on any atom is 0.220 e. The van der Waals surface area contributed by atoms with Crippen molar-refractivity contribution in [3.8, 4) is 0 Å². The summed E-state index contributed by atoms with van der Waals surface area (Å²) in [6.07, 6.45) is 38.1. The number of hydrogen-bond acceptors (Lipinski definition) is 18. The van der Waals surface area contributed by atoms with Crippen LogP contribution in [0.25, 0.3) is 0 Å². The lowest BCUT2D eigenvalue weighted by Gasteiger charge is -2.48. The minimum absolute atomic E-state index is 0.229. The summed E-state index contributed by atoms with van der Waals surface area (Å²) in [5, 5.41) is 121. The number of aliphatic hydroxyl groups excluding tert-OH is 11. The minimum Gasteiger partial charge on any atom is -0.394 e. The van der Waals surface area contributed by atoms with Gasteiger partial charge in [-0.3, -0.25) is 4.79 Å². The van der Waals surface area contributed by atoms with Crippen LogP contribution in [-0.4, -0.2) is 193 Å². The molecule has 0 aromatic carbocycles. The van der Waals surface area contributed by atoms with Crippen LogP contribution < -0.4 is 5.32 Å². The average Bonchev–Trinajstić information content (AvgIpc) is 0.886. The van der Waals surface area contributed by atoms with E-state index < -0.39 is 124 Å². The summed E-state index contributed by atoms with van der Waals surface area (Å²) in [5.41, 5.74) is 0. The first-order valence-electron chi connectivity index (χ1n) is 36.4. The highest BCUT2D eigenvalue weighted by molar-refractivity contribution is 5.76. The summed E-state index contributed by atoms with van der Waals surface area (Å²) in [4.78, 5) is 13.4. The summed E-state index contributed by atoms with van der Waals surface area (Å²) in [5.74, 6) is -0.290. The number of rotatable bonds is 56. The normalized spacial score (nSPS) is 28.1. The van der Waals surface area contributed by atoms with Crippen LogP contribution in [0.3, 0.4) is 0 Å². The van der Waals surface area contributed by atoms with E-state index in [1.165, 1.54) is 180 Å². The Morgan fingerprint density at radius 2 is 0.703 bits per heavy atom. The molecular formula is C72H131NO18. The lowest BCUT2D eigenvalue weighted by atomic mass is 9.96. The molecule has 3 saturated heterocycles. The zero-order valence-electron chi connectivity index (χ0n) is 56.3. The molecule has 0 saturated carbocycles. The third-order valence-corrected chi connectivity index (χ3v) is 18.1. The second-order valence-electron chi connectivity index (χ2n) is 26.0. The molecule has 19 nitrogen and oxygen atoms in total. The van der Waals surface area contributed by atoms with Crippen molar-refractivity contribution in [1.29, 1.82) is 0 Å². The molecule has 0 bridgehead atoms. The van der Waals surface area contributed by atoms with E-state index in [1.807, 2.05) is 6.08 Å². The molecule has 91 heavy (non-hydrogen) atoms. The van der Waals surface area contributed by atoms with Crippen LogP contribution >= 0.6 is 0 Å². The molecule has 532 valence electrons. The summed E-state index contributed by atoms with van der Waals surface area (Å²) in [7, 11) is 0. The molecule has 19 heteroatoms. The average molecular weight is 1300 g/mol. The minimum atomic E-state index is -1.98. The zero-order chi connectivity index (χ0) is 66.1. The molecule has 1 amide bonds. The molecule has 0 aliphatic carbocycles. The molecule has 0 spiro atoms. The van der Waals surface area contributed by atoms with Gasteiger partial charge in [0, 0.05) is 6.42 Å². The van der Waals surface area contributed by atoms with Crippen LogP contribution in [0.5, 0.6) is 0 Å². The molecule has 0 aromatic rings. The molecule has 3 aliphatic heterocycles. The first-order valence-corrected chi connectivity index (χ1v) is 36.4. The van der Waals surface area contributed by atoms with Crippen LogP contribution in [-0.2, 0) is 33.2 Å². The van der Waals surface area contributed by atoms with Gasteiger partial charge in [0.05, 0.1) is 38.6 Å². The Kier molecular flexibility index (Phi) is 49.1. The van der Waals surface area contributed by atoms with Gasteiger partial charge in [0.15, 0.2) is 18.9 Å². The van der Waals surface area contributed by atoms with Gasteiger partial charge < -0.3 is 89.9 Å². The quantitative estimate of drug-likeness (QED) is 0.0199. The highest BCUT2D eigenvalue weighted by atomic mass is 16.8. The fraction of sp³-hybridized carbons (Fsp3) is 0.875. The smallest absolute Gasteiger partial charge is 0.220 e. The Bertz CT molecular complexity index is 1840. The lowest BCUT2D eigenvalue weighted by Crippen LogP contribution is -2.66. The topological polar surface area (TPSA) is 307 Å². The third kappa shape index (κ3) is 35.5. The summed E-state index contributed by atoms with van der Waals surface area (Å²) in [6.45, 7) is 1.72. The maximum atomic E-state index is 13.4. The van der Waals surface area contributed by atoms with E-state index in [-0.39, 0.29) is 18.9 Å². The van der Waals surface area contributed by atoms with Gasteiger partial charge in [-0.1, -0.05) is 242 Å². The first kappa shape index (κ1) is 83.0. The number of carbonyl (C=O) groups excluding carboxylic acids is 1. The van der Waals surface area contributed by atoms with Crippen molar-refractivity contribution in [2.45, 2.75) is 375 Å². The van der Waals surface area contributed by atoms with Crippen molar-refractivity contribution in [1.82, 2.24) is 5.32 Å². The van der Waals surface area contributed by atoms with E-state index >= 15 is 0 Å². The largest absolute Gasteiger partial charge is 0.394 e. The van der Waals surface area contributed by atoms with Gasteiger partial charge in [0.2, 0.25) is 5.91 Å².